The van der Waals surface area contributed by atoms with Crippen LogP contribution in [0.1, 0.15) is 40.6 Å². The van der Waals surface area contributed by atoms with Crippen molar-refractivity contribution in [3.63, 3.8) is 0 Å². The number of fused-ring (bicyclic) bond motifs is 6. The van der Waals surface area contributed by atoms with Crippen LogP contribution in [0.25, 0.3) is 48.1 Å². The molecule has 0 saturated heterocycles. The highest BCUT2D eigenvalue weighted by atomic mass is 32.1. The summed E-state index contributed by atoms with van der Waals surface area (Å²) in [5, 5.41) is 6.49. The molecule has 3 nitrogen and oxygen atoms in total. The van der Waals surface area contributed by atoms with Crippen molar-refractivity contribution >= 4 is 54.4 Å². The molecule has 7 aromatic carbocycles. The van der Waals surface area contributed by atoms with E-state index in [1.54, 1.807) is 0 Å². The normalized spacial score (nSPS) is 17.2. The van der Waals surface area contributed by atoms with Crippen molar-refractivity contribution in [2.24, 2.45) is 4.99 Å². The predicted octanol–water partition coefficient (Wildman–Crippen LogP) is 13.6. The Morgan fingerprint density at radius 1 is 0.571 bits per heavy atom. The van der Waals surface area contributed by atoms with E-state index < -0.39 is 0 Å². The number of thiophene rings is 1. The molecule has 0 amide bonds. The molecule has 1 N–H and O–H groups in total. The van der Waals surface area contributed by atoms with Crippen molar-refractivity contribution in [1.82, 2.24) is 5.32 Å². The first kappa shape index (κ1) is 32.7. The number of amidine groups is 1. The van der Waals surface area contributed by atoms with E-state index in [2.05, 4.69) is 204 Å². The first-order valence-electron chi connectivity index (χ1n) is 19.3. The number of nitrogens with zero attached hydrogens (tertiary/aromatic N) is 2. The van der Waals surface area contributed by atoms with Crippen LogP contribution in [0.3, 0.4) is 0 Å². The summed E-state index contributed by atoms with van der Waals surface area (Å²) in [6.45, 7) is 0. The third-order valence-electron chi connectivity index (χ3n) is 11.4. The Kier molecular flexibility index (Phi) is 7.89. The van der Waals surface area contributed by atoms with Crippen molar-refractivity contribution < 1.29 is 0 Å². The summed E-state index contributed by atoms with van der Waals surface area (Å²) in [6.07, 6.45) is 10.1. The number of anilines is 2. The maximum Gasteiger partial charge on any atom is 0.134 e. The topological polar surface area (TPSA) is 27.6 Å². The molecule has 3 aliphatic rings. The van der Waals surface area contributed by atoms with Crippen LogP contribution >= 0.6 is 11.3 Å². The van der Waals surface area contributed by atoms with Gasteiger partial charge < -0.3 is 10.2 Å². The highest BCUT2D eigenvalue weighted by Crippen LogP contribution is 2.53. The summed E-state index contributed by atoms with van der Waals surface area (Å²) in [6, 6.07) is 61.4. The highest BCUT2D eigenvalue weighted by molar-refractivity contribution is 7.26. The number of benzene rings is 7. The van der Waals surface area contributed by atoms with Crippen LogP contribution < -0.4 is 10.2 Å². The van der Waals surface area contributed by atoms with Crippen LogP contribution in [-0.4, -0.2) is 5.84 Å². The van der Waals surface area contributed by atoms with Gasteiger partial charge in [0.2, 0.25) is 0 Å². The molecule has 4 heteroatoms. The SMILES string of the molecule is C1=CCC2C(=C1)N(c1cccc3c1sc1ccccc13)c1cc(C3=NC(c4ccc(-c5ccccc5)cc4)=CC(c4ccc(-c5ccccc5)cc4)N3)ccc12. The molecule has 0 radical (unpaired) electrons. The number of hydrogen-bond acceptors (Lipinski definition) is 4. The molecular formula is C52H37N3S. The van der Waals surface area contributed by atoms with E-state index >= 15 is 0 Å². The summed E-state index contributed by atoms with van der Waals surface area (Å²) >= 11 is 1.89. The van der Waals surface area contributed by atoms with Gasteiger partial charge in [-0.25, -0.2) is 4.99 Å². The van der Waals surface area contributed by atoms with E-state index in [1.165, 1.54) is 70.6 Å². The van der Waals surface area contributed by atoms with Crippen LogP contribution in [0, 0.1) is 0 Å². The van der Waals surface area contributed by atoms with Crippen LogP contribution in [0.4, 0.5) is 11.4 Å². The fourth-order valence-electron chi connectivity index (χ4n) is 8.63. The van der Waals surface area contributed by atoms with Crippen LogP contribution in [0.2, 0.25) is 0 Å². The lowest BCUT2D eigenvalue weighted by atomic mass is 9.91. The van der Waals surface area contributed by atoms with E-state index in [1.807, 2.05) is 11.3 Å². The van der Waals surface area contributed by atoms with Gasteiger partial charge in [-0.3, -0.25) is 0 Å². The van der Waals surface area contributed by atoms with Gasteiger partial charge in [0.1, 0.15) is 5.84 Å². The number of aliphatic imine (C=N–C) groups is 1. The zero-order valence-corrected chi connectivity index (χ0v) is 31.5. The van der Waals surface area contributed by atoms with E-state index in [0.29, 0.717) is 5.92 Å². The minimum Gasteiger partial charge on any atom is -0.359 e. The van der Waals surface area contributed by atoms with Gasteiger partial charge in [0.15, 0.2) is 0 Å². The number of rotatable bonds is 6. The summed E-state index contributed by atoms with van der Waals surface area (Å²) < 4.78 is 2.63. The van der Waals surface area contributed by atoms with Gasteiger partial charge in [-0.15, -0.1) is 11.3 Å². The van der Waals surface area contributed by atoms with Crippen LogP contribution in [0.15, 0.2) is 205 Å². The van der Waals surface area contributed by atoms with Gasteiger partial charge >= 0.3 is 0 Å². The lowest BCUT2D eigenvalue weighted by molar-refractivity contribution is 0.781. The van der Waals surface area contributed by atoms with Gasteiger partial charge in [-0.2, -0.15) is 0 Å². The molecule has 0 spiro atoms. The fourth-order valence-corrected chi connectivity index (χ4v) is 9.84. The maximum atomic E-state index is 5.38. The molecule has 2 atom stereocenters. The number of nitrogens with one attached hydrogen (secondary N) is 1. The van der Waals surface area contributed by atoms with E-state index in [9.17, 15) is 0 Å². The predicted molar refractivity (Wildman–Crippen MR) is 237 cm³/mol. The largest absolute Gasteiger partial charge is 0.359 e. The zero-order chi connectivity index (χ0) is 37.0. The maximum absolute atomic E-state index is 5.38. The quantitative estimate of drug-likeness (QED) is 0.184. The minimum absolute atomic E-state index is 0.0673. The van der Waals surface area contributed by atoms with Crippen molar-refractivity contribution in [3.05, 3.63) is 222 Å². The van der Waals surface area contributed by atoms with E-state index in [0.717, 1.165) is 29.1 Å². The Labute approximate surface area is 330 Å². The molecule has 1 aromatic heterocycles. The van der Waals surface area contributed by atoms with Crippen molar-refractivity contribution in [2.75, 3.05) is 4.90 Å². The van der Waals surface area contributed by atoms with Gasteiger partial charge in [-0.1, -0.05) is 164 Å². The molecule has 2 aliphatic heterocycles. The first-order chi connectivity index (χ1) is 27.7. The monoisotopic (exact) mass is 735 g/mol. The smallest absolute Gasteiger partial charge is 0.134 e. The Morgan fingerprint density at radius 3 is 1.98 bits per heavy atom. The van der Waals surface area contributed by atoms with Gasteiger partial charge in [0.05, 0.1) is 27.8 Å². The third kappa shape index (κ3) is 5.61. The summed E-state index contributed by atoms with van der Waals surface area (Å²) in [5.41, 5.74) is 14.3. The number of allylic oxidation sites excluding steroid dienone is 4. The van der Waals surface area contributed by atoms with E-state index in [4.69, 9.17) is 4.99 Å². The van der Waals surface area contributed by atoms with Crippen LogP contribution in [-0.2, 0) is 0 Å². The molecule has 56 heavy (non-hydrogen) atoms. The lowest BCUT2D eigenvalue weighted by Crippen LogP contribution is -2.31. The Bertz CT molecular complexity index is 2900. The van der Waals surface area contributed by atoms with Crippen molar-refractivity contribution in [2.45, 2.75) is 18.4 Å². The summed E-state index contributed by atoms with van der Waals surface area (Å²) in [5.74, 6) is 1.18. The summed E-state index contributed by atoms with van der Waals surface area (Å²) in [7, 11) is 0. The Hall–Kier alpha value is -6.75. The Balaban J connectivity index is 1.02. The summed E-state index contributed by atoms with van der Waals surface area (Å²) in [4.78, 5) is 7.90. The fraction of sp³-hybridized carbons (Fsp3) is 0.0577. The molecule has 0 saturated carbocycles. The minimum atomic E-state index is -0.0673. The number of hydrogen-bond donors (Lipinski definition) is 1. The molecule has 8 aromatic rings. The molecule has 266 valence electrons. The second kappa shape index (κ2) is 13.5. The van der Waals surface area contributed by atoms with Crippen molar-refractivity contribution in [1.29, 1.82) is 0 Å². The van der Waals surface area contributed by atoms with E-state index in [-0.39, 0.29) is 6.04 Å². The average molecular weight is 736 g/mol. The second-order valence-electron chi connectivity index (χ2n) is 14.7. The zero-order valence-electron chi connectivity index (χ0n) is 30.6. The molecule has 3 heterocycles. The standard InChI is InChI=1S/C52H37N3S/c1-3-12-34(13-4-1)36-22-26-38(27-23-36)45-33-46(39-28-24-37(25-29-39)35-14-5-2-6-15-35)54-52(53-45)40-30-31-42-41-16-7-9-19-47(41)55(49(42)32-40)48-20-11-18-44-43-17-8-10-21-50(43)56-51(44)48/h1-15,17-33,41,45H,16H2,(H,53,54). The average Bonchev–Trinajstić information content (AvgIpc) is 3.83. The van der Waals surface area contributed by atoms with Crippen molar-refractivity contribution in [3.8, 4) is 22.3 Å². The lowest BCUT2D eigenvalue weighted by Gasteiger charge is -2.26. The van der Waals surface area contributed by atoms with Gasteiger partial charge in [0.25, 0.3) is 0 Å². The molecule has 2 unspecified atom stereocenters. The molecule has 0 fully saturated rings. The molecule has 1 aliphatic carbocycles. The molecule has 11 rings (SSSR count). The highest BCUT2D eigenvalue weighted by Gasteiger charge is 2.36. The van der Waals surface area contributed by atoms with Gasteiger partial charge in [0, 0.05) is 32.7 Å². The Morgan fingerprint density at radius 2 is 1.21 bits per heavy atom. The second-order valence-corrected chi connectivity index (χ2v) is 15.8. The third-order valence-corrected chi connectivity index (χ3v) is 12.7. The van der Waals surface area contributed by atoms with Gasteiger partial charge in [-0.05, 0) is 75.7 Å². The first-order valence-corrected chi connectivity index (χ1v) is 20.2. The molecular weight excluding hydrogens is 699 g/mol. The van der Waals surface area contributed by atoms with Crippen LogP contribution in [0.5, 0.6) is 0 Å². The molecule has 0 bridgehead atoms.